The highest BCUT2D eigenvalue weighted by Gasteiger charge is 2.35. The highest BCUT2D eigenvalue weighted by Crippen LogP contribution is 2.50. The molecule has 0 amide bonds. The quantitative estimate of drug-likeness (QED) is 0.179. The Morgan fingerprint density at radius 2 is 0.804 bits per heavy atom. The number of benzene rings is 7. The van der Waals surface area contributed by atoms with Crippen LogP contribution < -0.4 is 0 Å². The van der Waals surface area contributed by atoms with Gasteiger partial charge in [0.05, 0.1) is 11.4 Å². The van der Waals surface area contributed by atoms with Gasteiger partial charge in [-0.2, -0.15) is 0 Å². The van der Waals surface area contributed by atoms with E-state index in [9.17, 15) is 0 Å². The van der Waals surface area contributed by atoms with Gasteiger partial charge in [0.25, 0.3) is 0 Å². The maximum Gasteiger partial charge on any atom is 0.160 e. The molecule has 2 heteroatoms. The van der Waals surface area contributed by atoms with Crippen molar-refractivity contribution < 1.29 is 0 Å². The van der Waals surface area contributed by atoms with Crippen LogP contribution in [0, 0.1) is 0 Å². The number of rotatable bonds is 6. The Morgan fingerprint density at radius 3 is 1.45 bits per heavy atom. The molecule has 0 atom stereocenters. The van der Waals surface area contributed by atoms with E-state index in [1.165, 1.54) is 50.1 Å². The molecule has 0 saturated carbocycles. The van der Waals surface area contributed by atoms with Gasteiger partial charge in [0.15, 0.2) is 5.82 Å². The normalized spacial score (nSPS) is 12.7. The summed E-state index contributed by atoms with van der Waals surface area (Å²) < 4.78 is 0. The predicted octanol–water partition coefficient (Wildman–Crippen LogP) is 12.8. The summed E-state index contributed by atoms with van der Waals surface area (Å²) >= 11 is 0. The third-order valence-electron chi connectivity index (χ3n) is 10.3. The lowest BCUT2D eigenvalue weighted by Gasteiger charge is -2.22. The maximum atomic E-state index is 5.13. The van der Waals surface area contributed by atoms with Gasteiger partial charge in [0, 0.05) is 22.1 Å². The van der Waals surface area contributed by atoms with Crippen LogP contribution in [0.25, 0.3) is 78.4 Å². The number of hydrogen-bond donors (Lipinski definition) is 0. The van der Waals surface area contributed by atoms with E-state index in [1.54, 1.807) is 0 Å². The molecule has 1 aliphatic rings. The molecule has 0 bridgehead atoms. The topological polar surface area (TPSA) is 25.8 Å². The van der Waals surface area contributed by atoms with Crippen LogP contribution in [0.1, 0.15) is 25.0 Å². The van der Waals surface area contributed by atoms with E-state index in [4.69, 9.17) is 9.97 Å². The van der Waals surface area contributed by atoms with Crippen molar-refractivity contribution in [2.24, 2.45) is 0 Å². The van der Waals surface area contributed by atoms with E-state index >= 15 is 0 Å². The van der Waals surface area contributed by atoms with Crippen molar-refractivity contribution in [3.05, 3.63) is 193 Å². The summed E-state index contributed by atoms with van der Waals surface area (Å²) in [5, 5.41) is 0. The van der Waals surface area contributed by atoms with Gasteiger partial charge < -0.3 is 0 Å². The molecule has 1 aromatic heterocycles. The molecule has 1 aliphatic carbocycles. The largest absolute Gasteiger partial charge is 0.228 e. The molecule has 1 heterocycles. The van der Waals surface area contributed by atoms with Gasteiger partial charge in [-0.3, -0.25) is 0 Å². The van der Waals surface area contributed by atoms with Gasteiger partial charge >= 0.3 is 0 Å². The fraction of sp³-hybridized carbons (Fsp3) is 0.0612. The van der Waals surface area contributed by atoms with Crippen LogP contribution >= 0.6 is 0 Å². The molecule has 7 aromatic carbocycles. The summed E-state index contributed by atoms with van der Waals surface area (Å²) in [7, 11) is 0. The van der Waals surface area contributed by atoms with Gasteiger partial charge in [-0.25, -0.2) is 9.97 Å². The van der Waals surface area contributed by atoms with Crippen molar-refractivity contribution >= 4 is 0 Å². The van der Waals surface area contributed by atoms with Gasteiger partial charge in [-0.05, 0) is 73.8 Å². The molecule has 0 unspecified atom stereocenters. The van der Waals surface area contributed by atoms with E-state index in [2.05, 4.69) is 184 Å². The van der Waals surface area contributed by atoms with Gasteiger partial charge in [0.1, 0.15) is 0 Å². The number of fused-ring (bicyclic) bond motifs is 3. The minimum atomic E-state index is -0.0325. The average Bonchev–Trinajstić information content (AvgIpc) is 3.44. The van der Waals surface area contributed by atoms with Crippen molar-refractivity contribution in [2.45, 2.75) is 19.3 Å². The lowest BCUT2D eigenvalue weighted by molar-refractivity contribution is 0.660. The Labute approximate surface area is 299 Å². The molecule has 2 nitrogen and oxygen atoms in total. The molecular formula is C49H36N2. The van der Waals surface area contributed by atoms with Gasteiger partial charge in [0.2, 0.25) is 0 Å². The lowest BCUT2D eigenvalue weighted by atomic mass is 9.81. The summed E-state index contributed by atoms with van der Waals surface area (Å²) in [4.78, 5) is 10.3. The van der Waals surface area contributed by atoms with E-state index in [1.807, 2.05) is 12.1 Å². The van der Waals surface area contributed by atoms with Crippen LogP contribution in [0.2, 0.25) is 0 Å². The second kappa shape index (κ2) is 12.5. The van der Waals surface area contributed by atoms with Crippen molar-refractivity contribution in [3.8, 4) is 78.4 Å². The van der Waals surface area contributed by atoms with E-state index < -0.39 is 0 Å². The first kappa shape index (κ1) is 30.7. The summed E-state index contributed by atoms with van der Waals surface area (Å²) in [6.07, 6.45) is 0. The molecule has 242 valence electrons. The molecule has 0 N–H and O–H groups in total. The molecular weight excluding hydrogens is 617 g/mol. The van der Waals surface area contributed by atoms with Crippen molar-refractivity contribution in [3.63, 3.8) is 0 Å². The summed E-state index contributed by atoms with van der Waals surface area (Å²) in [5.41, 5.74) is 17.4. The Morgan fingerprint density at radius 1 is 0.333 bits per heavy atom. The van der Waals surface area contributed by atoms with E-state index in [-0.39, 0.29) is 5.41 Å². The molecule has 0 radical (unpaired) electrons. The van der Waals surface area contributed by atoms with Crippen LogP contribution in [0.3, 0.4) is 0 Å². The lowest BCUT2D eigenvalue weighted by Crippen LogP contribution is -2.14. The predicted molar refractivity (Wildman–Crippen MR) is 212 cm³/mol. The third kappa shape index (κ3) is 5.46. The average molecular weight is 653 g/mol. The second-order valence-electron chi connectivity index (χ2n) is 13.8. The van der Waals surface area contributed by atoms with E-state index in [0.29, 0.717) is 5.82 Å². The van der Waals surface area contributed by atoms with Crippen molar-refractivity contribution in [2.75, 3.05) is 0 Å². The highest BCUT2D eigenvalue weighted by molar-refractivity contribution is 5.96. The fourth-order valence-corrected chi connectivity index (χ4v) is 7.75. The second-order valence-corrected chi connectivity index (χ2v) is 13.8. The molecule has 0 spiro atoms. The Bertz CT molecular complexity index is 2480. The van der Waals surface area contributed by atoms with Crippen LogP contribution in [0.15, 0.2) is 182 Å². The number of aromatic nitrogens is 2. The smallest absolute Gasteiger partial charge is 0.160 e. The SMILES string of the molecule is CC1(C)c2ccccc2-c2cc(-c3cccc(-c4cccc(-c5nc(-c6ccccc6)cc(-c6ccccc6)n5)c4)c3-c3ccccc3)ccc21. The first-order valence-corrected chi connectivity index (χ1v) is 17.6. The molecule has 51 heavy (non-hydrogen) atoms. The molecule has 8 aromatic rings. The van der Waals surface area contributed by atoms with E-state index in [0.717, 1.165) is 33.6 Å². The van der Waals surface area contributed by atoms with Gasteiger partial charge in [-0.15, -0.1) is 0 Å². The zero-order valence-electron chi connectivity index (χ0n) is 28.7. The monoisotopic (exact) mass is 652 g/mol. The first-order valence-electron chi connectivity index (χ1n) is 17.6. The van der Waals surface area contributed by atoms with Crippen LogP contribution in [-0.2, 0) is 5.41 Å². The Balaban J connectivity index is 1.21. The minimum absolute atomic E-state index is 0.0325. The summed E-state index contributed by atoms with van der Waals surface area (Å²) in [5.74, 6) is 0.703. The standard InChI is InChI=1S/C49H36N2/c1-49(2)43-27-13-12-24-41(43)42-31-37(28-29-44(42)49)40-26-15-25-39(47(40)35-20-10-5-11-21-35)36-22-14-23-38(30-36)48-50-45(33-16-6-3-7-17-33)32-46(51-48)34-18-8-4-9-19-34/h3-32H,1-2H3. The molecule has 0 saturated heterocycles. The summed E-state index contributed by atoms with van der Waals surface area (Å²) in [6.45, 7) is 4.67. The van der Waals surface area contributed by atoms with Crippen LogP contribution in [0.5, 0.6) is 0 Å². The zero-order valence-corrected chi connectivity index (χ0v) is 28.7. The number of hydrogen-bond acceptors (Lipinski definition) is 2. The Hall–Kier alpha value is -6.38. The maximum absolute atomic E-state index is 5.13. The van der Waals surface area contributed by atoms with Gasteiger partial charge in [-0.1, -0.05) is 178 Å². The Kier molecular flexibility index (Phi) is 7.51. The molecule has 0 aliphatic heterocycles. The van der Waals surface area contributed by atoms with Crippen LogP contribution in [-0.4, -0.2) is 9.97 Å². The molecule has 9 rings (SSSR count). The van der Waals surface area contributed by atoms with Crippen molar-refractivity contribution in [1.82, 2.24) is 9.97 Å². The highest BCUT2D eigenvalue weighted by atomic mass is 14.9. The van der Waals surface area contributed by atoms with Crippen molar-refractivity contribution in [1.29, 1.82) is 0 Å². The third-order valence-corrected chi connectivity index (χ3v) is 10.3. The fourth-order valence-electron chi connectivity index (χ4n) is 7.75. The minimum Gasteiger partial charge on any atom is -0.228 e. The molecule has 0 fully saturated rings. The number of nitrogens with zero attached hydrogens (tertiary/aromatic N) is 2. The zero-order chi connectivity index (χ0) is 34.4. The first-order chi connectivity index (χ1) is 25.0. The summed E-state index contributed by atoms with van der Waals surface area (Å²) in [6, 6.07) is 64.9. The van der Waals surface area contributed by atoms with Crippen LogP contribution in [0.4, 0.5) is 0 Å².